The minimum absolute atomic E-state index is 0.514. The number of benzene rings is 11. The molecule has 78 heavy (non-hydrogen) atoms. The van der Waals surface area contributed by atoms with Gasteiger partial charge in [-0.15, -0.1) is 11.3 Å². The van der Waals surface area contributed by atoms with Crippen LogP contribution in [0.3, 0.4) is 0 Å². The molecule has 16 aromatic rings. The SMILES string of the molecule is CC.c1ccc(-c2cc(-c3cccc4c3sc3ccccc34)cc(-c3cccc4c5cc(-n6c7ccccc7c7ccccc76)ccc5n(-c5nc(-c6ccccc6)nc(-c6ccc7c(c6)oc6ccccc67)n5)c34)c2)cc1. The van der Waals surface area contributed by atoms with Gasteiger partial charge in [0.25, 0.3) is 0 Å². The van der Waals surface area contributed by atoms with Crippen molar-refractivity contribution in [2.24, 2.45) is 0 Å². The molecule has 0 aliphatic carbocycles. The second-order valence-corrected chi connectivity index (χ2v) is 20.6. The summed E-state index contributed by atoms with van der Waals surface area (Å²) in [4.78, 5) is 16.2. The molecular weight excluding hydrogens is 971 g/mol. The Labute approximate surface area is 453 Å². The summed E-state index contributed by atoms with van der Waals surface area (Å²) in [6.07, 6.45) is 0. The van der Waals surface area contributed by atoms with E-state index >= 15 is 0 Å². The molecular formula is C71H47N5OS. The van der Waals surface area contributed by atoms with Gasteiger partial charge < -0.3 is 8.98 Å². The molecule has 0 amide bonds. The second kappa shape index (κ2) is 18.4. The number of hydrogen-bond donors (Lipinski definition) is 0. The molecule has 0 fully saturated rings. The molecule has 7 heteroatoms. The molecule has 0 aliphatic rings. The van der Waals surface area contributed by atoms with Gasteiger partial charge in [-0.05, 0) is 101 Å². The Hall–Kier alpha value is -9.95. The van der Waals surface area contributed by atoms with E-state index in [4.69, 9.17) is 19.4 Å². The average molecular weight is 1020 g/mol. The van der Waals surface area contributed by atoms with Crippen LogP contribution in [0, 0.1) is 0 Å². The minimum atomic E-state index is 0.514. The quantitative estimate of drug-likeness (QED) is 0.160. The third-order valence-corrected chi connectivity index (χ3v) is 16.4. The molecule has 5 aromatic heterocycles. The third kappa shape index (κ3) is 7.27. The van der Waals surface area contributed by atoms with Gasteiger partial charge in [-0.2, -0.15) is 9.97 Å². The first kappa shape index (κ1) is 45.4. The zero-order chi connectivity index (χ0) is 51.8. The van der Waals surface area contributed by atoms with Crippen LogP contribution in [0.2, 0.25) is 0 Å². The van der Waals surface area contributed by atoms with Gasteiger partial charge in [-0.3, -0.25) is 4.57 Å². The topological polar surface area (TPSA) is 61.7 Å². The highest BCUT2D eigenvalue weighted by molar-refractivity contribution is 7.26. The molecule has 0 saturated heterocycles. The van der Waals surface area contributed by atoms with Crippen molar-refractivity contribution in [3.05, 3.63) is 249 Å². The Kier molecular flexibility index (Phi) is 10.7. The number of hydrogen-bond acceptors (Lipinski definition) is 5. The standard InChI is InChI=1S/C69H41N5OS.C2H6/c1-3-17-42(18-4-1)45-37-46(39-47(38-45)50-26-16-28-57-55-24-10-14-32-64(55)76-66(50)57)49-25-15-27-56-58-41-48(73-59-29-11-7-21-51(59)52-22-8-12-30-60(52)73)34-36-61(58)74(65(49)56)69-71-67(43-19-5-2-6-20-43)70-68(72-69)44-33-35-54-53-23-9-13-31-62(53)75-63(54)40-44;1-2/h1-41H;1-2H3. The van der Waals surface area contributed by atoms with E-state index in [1.165, 1.54) is 36.5 Å². The van der Waals surface area contributed by atoms with Crippen LogP contribution in [0.5, 0.6) is 0 Å². The molecule has 368 valence electrons. The summed E-state index contributed by atoms with van der Waals surface area (Å²) < 4.78 is 13.7. The van der Waals surface area contributed by atoms with E-state index in [1.54, 1.807) is 0 Å². The third-order valence-electron chi connectivity index (χ3n) is 15.2. The molecule has 0 aliphatic heterocycles. The first-order valence-corrected chi connectivity index (χ1v) is 27.4. The number of thiophene rings is 1. The number of rotatable bonds is 7. The van der Waals surface area contributed by atoms with Crippen LogP contribution < -0.4 is 0 Å². The smallest absolute Gasteiger partial charge is 0.238 e. The van der Waals surface area contributed by atoms with E-state index in [0.717, 1.165) is 99.4 Å². The molecule has 11 aromatic carbocycles. The van der Waals surface area contributed by atoms with Crippen molar-refractivity contribution >= 4 is 97.1 Å². The summed E-state index contributed by atoms with van der Waals surface area (Å²) in [5.74, 6) is 1.63. The highest BCUT2D eigenvalue weighted by Crippen LogP contribution is 2.45. The van der Waals surface area contributed by atoms with Gasteiger partial charge >= 0.3 is 0 Å². The van der Waals surface area contributed by atoms with Crippen LogP contribution in [0.4, 0.5) is 0 Å². The first-order valence-electron chi connectivity index (χ1n) is 26.6. The second-order valence-electron chi connectivity index (χ2n) is 19.5. The van der Waals surface area contributed by atoms with Gasteiger partial charge in [0.1, 0.15) is 11.2 Å². The fourth-order valence-corrected chi connectivity index (χ4v) is 13.0. The summed E-state index contributed by atoms with van der Waals surface area (Å²) in [6.45, 7) is 4.00. The van der Waals surface area contributed by atoms with E-state index in [2.05, 4.69) is 221 Å². The van der Waals surface area contributed by atoms with Gasteiger partial charge in [0.2, 0.25) is 5.95 Å². The molecule has 0 saturated carbocycles. The Balaban J connectivity index is 0.00000262. The Bertz CT molecular complexity index is 4950. The van der Waals surface area contributed by atoms with Crippen molar-refractivity contribution in [1.82, 2.24) is 24.1 Å². The lowest BCUT2D eigenvalue weighted by Crippen LogP contribution is -2.07. The van der Waals surface area contributed by atoms with E-state index in [-0.39, 0.29) is 0 Å². The fourth-order valence-electron chi connectivity index (χ4n) is 11.7. The van der Waals surface area contributed by atoms with Gasteiger partial charge in [0.15, 0.2) is 11.6 Å². The predicted octanol–water partition coefficient (Wildman–Crippen LogP) is 19.7. The van der Waals surface area contributed by atoms with Crippen molar-refractivity contribution in [1.29, 1.82) is 0 Å². The molecule has 0 radical (unpaired) electrons. The Morgan fingerprint density at radius 1 is 0.333 bits per heavy atom. The normalized spacial score (nSPS) is 11.7. The molecule has 0 bridgehead atoms. The summed E-state index contributed by atoms with van der Waals surface area (Å²) in [5, 5.41) is 9.27. The maximum Gasteiger partial charge on any atom is 0.238 e. The number of aromatic nitrogens is 5. The number of nitrogens with zero attached hydrogens (tertiary/aromatic N) is 5. The minimum Gasteiger partial charge on any atom is -0.456 e. The predicted molar refractivity (Wildman–Crippen MR) is 327 cm³/mol. The summed E-state index contributed by atoms with van der Waals surface area (Å²) in [5.41, 5.74) is 15.5. The largest absolute Gasteiger partial charge is 0.456 e. The molecule has 0 atom stereocenters. The monoisotopic (exact) mass is 1020 g/mol. The highest BCUT2D eigenvalue weighted by Gasteiger charge is 2.24. The van der Waals surface area contributed by atoms with Crippen molar-refractivity contribution in [2.45, 2.75) is 13.8 Å². The summed E-state index contributed by atoms with van der Waals surface area (Å²) >= 11 is 1.86. The van der Waals surface area contributed by atoms with Crippen LogP contribution in [0.15, 0.2) is 253 Å². The zero-order valence-corrected chi connectivity index (χ0v) is 43.5. The van der Waals surface area contributed by atoms with Gasteiger partial charge in [-0.25, -0.2) is 4.98 Å². The summed E-state index contributed by atoms with van der Waals surface area (Å²) in [6, 6.07) is 88.9. The molecule has 6 nitrogen and oxygen atoms in total. The molecule has 0 unspecified atom stereocenters. The average Bonchev–Trinajstić information content (AvgIpc) is 4.44. The lowest BCUT2D eigenvalue weighted by Gasteiger charge is -2.15. The van der Waals surface area contributed by atoms with Crippen LogP contribution in [0.1, 0.15) is 13.8 Å². The van der Waals surface area contributed by atoms with Crippen LogP contribution in [-0.4, -0.2) is 24.1 Å². The lowest BCUT2D eigenvalue weighted by atomic mass is 9.92. The van der Waals surface area contributed by atoms with Crippen LogP contribution in [0.25, 0.3) is 154 Å². The number of fused-ring (bicyclic) bond motifs is 12. The van der Waals surface area contributed by atoms with E-state index in [0.29, 0.717) is 17.6 Å². The number of furan rings is 1. The van der Waals surface area contributed by atoms with Crippen molar-refractivity contribution in [2.75, 3.05) is 0 Å². The van der Waals surface area contributed by atoms with Gasteiger partial charge in [0, 0.05) is 74.9 Å². The number of para-hydroxylation sites is 4. The van der Waals surface area contributed by atoms with E-state index in [9.17, 15) is 0 Å². The van der Waals surface area contributed by atoms with Crippen molar-refractivity contribution in [3.8, 4) is 67.8 Å². The first-order chi connectivity index (χ1) is 38.7. The van der Waals surface area contributed by atoms with E-state index < -0.39 is 0 Å². The van der Waals surface area contributed by atoms with Gasteiger partial charge in [-0.1, -0.05) is 190 Å². The zero-order valence-electron chi connectivity index (χ0n) is 42.7. The van der Waals surface area contributed by atoms with E-state index in [1.807, 2.05) is 61.6 Å². The van der Waals surface area contributed by atoms with Crippen molar-refractivity contribution in [3.63, 3.8) is 0 Å². The molecule has 0 N–H and O–H groups in total. The maximum atomic E-state index is 6.45. The maximum absolute atomic E-state index is 6.45. The molecule has 16 rings (SSSR count). The fraction of sp³-hybridized carbons (Fsp3) is 0.0282. The van der Waals surface area contributed by atoms with Crippen LogP contribution in [-0.2, 0) is 0 Å². The Morgan fingerprint density at radius 2 is 0.897 bits per heavy atom. The van der Waals surface area contributed by atoms with Crippen molar-refractivity contribution < 1.29 is 4.42 Å². The van der Waals surface area contributed by atoms with Crippen LogP contribution >= 0.6 is 11.3 Å². The van der Waals surface area contributed by atoms with Gasteiger partial charge in [0.05, 0.1) is 22.1 Å². The summed E-state index contributed by atoms with van der Waals surface area (Å²) in [7, 11) is 0. The molecule has 5 heterocycles. The highest BCUT2D eigenvalue weighted by atomic mass is 32.1. The molecule has 0 spiro atoms. The lowest BCUT2D eigenvalue weighted by molar-refractivity contribution is 0.669. The Morgan fingerprint density at radius 3 is 1.65 bits per heavy atom.